The minimum Gasteiger partial charge on any atom is -0.370 e. The highest BCUT2D eigenvalue weighted by atomic mass is 15.1. The quantitative estimate of drug-likeness (QED) is 0.846. The molecule has 1 atom stereocenters. The van der Waals surface area contributed by atoms with E-state index in [9.17, 15) is 0 Å². The van der Waals surface area contributed by atoms with Crippen LogP contribution in [0, 0.1) is 6.92 Å². The molecule has 0 aliphatic heterocycles. The summed E-state index contributed by atoms with van der Waals surface area (Å²) < 4.78 is 0. The summed E-state index contributed by atoms with van der Waals surface area (Å²) >= 11 is 0. The van der Waals surface area contributed by atoms with Crippen LogP contribution < -0.4 is 10.6 Å². The third kappa shape index (κ3) is 4.23. The van der Waals surface area contributed by atoms with Crippen molar-refractivity contribution in [1.29, 1.82) is 0 Å². The van der Waals surface area contributed by atoms with Crippen LogP contribution in [0.4, 0.5) is 11.6 Å². The Morgan fingerprint density at radius 2 is 1.80 bits per heavy atom. The van der Waals surface area contributed by atoms with Crippen LogP contribution in [-0.4, -0.2) is 22.6 Å². The van der Waals surface area contributed by atoms with Gasteiger partial charge < -0.3 is 10.6 Å². The molecule has 0 saturated heterocycles. The highest BCUT2D eigenvalue weighted by molar-refractivity contribution is 5.48. The van der Waals surface area contributed by atoms with E-state index in [1.807, 2.05) is 19.1 Å². The van der Waals surface area contributed by atoms with E-state index in [1.165, 1.54) is 5.56 Å². The van der Waals surface area contributed by atoms with Crippen LogP contribution in [0.5, 0.6) is 0 Å². The summed E-state index contributed by atoms with van der Waals surface area (Å²) in [4.78, 5) is 8.79. The highest BCUT2D eigenvalue weighted by Crippen LogP contribution is 2.13. The first-order valence-electron chi connectivity index (χ1n) is 7.07. The van der Waals surface area contributed by atoms with Gasteiger partial charge in [0, 0.05) is 18.7 Å². The average Bonchev–Trinajstić information content (AvgIpc) is 2.39. The third-order valence-corrected chi connectivity index (χ3v) is 2.97. The summed E-state index contributed by atoms with van der Waals surface area (Å²) in [6.07, 6.45) is 0.973. The summed E-state index contributed by atoms with van der Waals surface area (Å²) in [5, 5.41) is 6.66. The molecular formula is C16H22N4. The lowest BCUT2D eigenvalue weighted by molar-refractivity contribution is 0.782. The van der Waals surface area contributed by atoms with E-state index in [0.29, 0.717) is 6.04 Å². The van der Waals surface area contributed by atoms with Crippen LogP contribution in [0.1, 0.15) is 25.2 Å². The van der Waals surface area contributed by atoms with Gasteiger partial charge in [0.2, 0.25) is 0 Å². The first kappa shape index (κ1) is 14.3. The van der Waals surface area contributed by atoms with Crippen molar-refractivity contribution < 1.29 is 0 Å². The molecule has 0 radical (unpaired) electrons. The van der Waals surface area contributed by atoms with E-state index >= 15 is 0 Å². The number of anilines is 2. The number of nitrogens with zero attached hydrogens (tertiary/aromatic N) is 2. The Kier molecular flexibility index (Phi) is 4.93. The SMILES string of the molecule is CCNc1cc(NC(C)Cc2ccccc2)nc(C)n1. The predicted molar refractivity (Wildman–Crippen MR) is 84.2 cm³/mol. The molecule has 4 nitrogen and oxygen atoms in total. The van der Waals surface area contributed by atoms with Crippen molar-refractivity contribution in [2.75, 3.05) is 17.2 Å². The fourth-order valence-electron chi connectivity index (χ4n) is 2.18. The van der Waals surface area contributed by atoms with E-state index in [-0.39, 0.29) is 0 Å². The van der Waals surface area contributed by atoms with E-state index in [2.05, 4.69) is 58.7 Å². The van der Waals surface area contributed by atoms with Gasteiger partial charge in [0.05, 0.1) is 0 Å². The van der Waals surface area contributed by atoms with Crippen LogP contribution in [0.25, 0.3) is 0 Å². The largest absolute Gasteiger partial charge is 0.370 e. The topological polar surface area (TPSA) is 49.8 Å². The summed E-state index contributed by atoms with van der Waals surface area (Å²) in [6, 6.07) is 12.7. The van der Waals surface area contributed by atoms with Gasteiger partial charge in [-0.15, -0.1) is 0 Å². The van der Waals surface area contributed by atoms with Crippen molar-refractivity contribution in [2.45, 2.75) is 33.2 Å². The van der Waals surface area contributed by atoms with Crippen LogP contribution >= 0.6 is 0 Å². The van der Waals surface area contributed by atoms with Gasteiger partial charge in [0.1, 0.15) is 17.5 Å². The zero-order chi connectivity index (χ0) is 14.4. The van der Waals surface area contributed by atoms with Crippen molar-refractivity contribution in [3.63, 3.8) is 0 Å². The van der Waals surface area contributed by atoms with Gasteiger partial charge in [-0.05, 0) is 32.8 Å². The predicted octanol–water partition coefficient (Wildman–Crippen LogP) is 3.26. The minimum absolute atomic E-state index is 0.321. The fourth-order valence-corrected chi connectivity index (χ4v) is 2.18. The molecule has 106 valence electrons. The Morgan fingerprint density at radius 1 is 1.10 bits per heavy atom. The van der Waals surface area contributed by atoms with E-state index in [4.69, 9.17) is 0 Å². The van der Waals surface area contributed by atoms with Gasteiger partial charge >= 0.3 is 0 Å². The van der Waals surface area contributed by atoms with Crippen molar-refractivity contribution in [3.05, 3.63) is 47.8 Å². The highest BCUT2D eigenvalue weighted by Gasteiger charge is 2.06. The van der Waals surface area contributed by atoms with Crippen LogP contribution in [0.3, 0.4) is 0 Å². The Hall–Kier alpha value is -2.10. The number of hydrogen-bond acceptors (Lipinski definition) is 4. The molecule has 0 aliphatic rings. The summed E-state index contributed by atoms with van der Waals surface area (Å²) in [6.45, 7) is 6.99. The molecular weight excluding hydrogens is 248 g/mol. The molecule has 0 saturated carbocycles. The Labute approximate surface area is 120 Å². The van der Waals surface area contributed by atoms with Gasteiger partial charge in [-0.25, -0.2) is 9.97 Å². The number of rotatable bonds is 6. The lowest BCUT2D eigenvalue weighted by Crippen LogP contribution is -2.19. The molecule has 1 aromatic carbocycles. The number of benzene rings is 1. The second kappa shape index (κ2) is 6.89. The van der Waals surface area contributed by atoms with E-state index < -0.39 is 0 Å². The average molecular weight is 270 g/mol. The molecule has 0 amide bonds. The normalized spacial score (nSPS) is 11.9. The lowest BCUT2D eigenvalue weighted by atomic mass is 10.1. The lowest BCUT2D eigenvalue weighted by Gasteiger charge is -2.15. The van der Waals surface area contributed by atoms with Crippen molar-refractivity contribution in [3.8, 4) is 0 Å². The molecule has 1 unspecified atom stereocenters. The maximum Gasteiger partial charge on any atom is 0.132 e. The van der Waals surface area contributed by atoms with Gasteiger partial charge in [0.15, 0.2) is 0 Å². The van der Waals surface area contributed by atoms with Crippen LogP contribution in [0.15, 0.2) is 36.4 Å². The maximum atomic E-state index is 4.44. The Balaban J connectivity index is 2.02. The molecule has 0 bridgehead atoms. The van der Waals surface area contributed by atoms with Crippen molar-refractivity contribution in [2.24, 2.45) is 0 Å². The molecule has 2 aromatic rings. The number of aryl methyl sites for hydroxylation is 1. The first-order valence-corrected chi connectivity index (χ1v) is 7.07. The fraction of sp³-hybridized carbons (Fsp3) is 0.375. The summed E-state index contributed by atoms with van der Waals surface area (Å²) in [5.74, 6) is 2.52. The Morgan fingerprint density at radius 3 is 2.50 bits per heavy atom. The first-order chi connectivity index (χ1) is 9.67. The van der Waals surface area contributed by atoms with Gasteiger partial charge in [-0.1, -0.05) is 30.3 Å². The molecule has 0 spiro atoms. The van der Waals surface area contributed by atoms with Gasteiger partial charge in [-0.2, -0.15) is 0 Å². The Bertz CT molecular complexity index is 539. The molecule has 20 heavy (non-hydrogen) atoms. The summed E-state index contributed by atoms with van der Waals surface area (Å²) in [7, 11) is 0. The molecule has 2 rings (SSSR count). The van der Waals surface area contributed by atoms with E-state index in [0.717, 1.165) is 30.4 Å². The number of nitrogens with one attached hydrogen (secondary N) is 2. The van der Waals surface area contributed by atoms with Gasteiger partial charge in [0.25, 0.3) is 0 Å². The zero-order valence-electron chi connectivity index (χ0n) is 12.4. The minimum atomic E-state index is 0.321. The van der Waals surface area contributed by atoms with Crippen LogP contribution in [0.2, 0.25) is 0 Å². The van der Waals surface area contributed by atoms with Crippen molar-refractivity contribution >= 4 is 11.6 Å². The molecule has 0 fully saturated rings. The van der Waals surface area contributed by atoms with Crippen LogP contribution in [-0.2, 0) is 6.42 Å². The third-order valence-electron chi connectivity index (χ3n) is 2.97. The smallest absolute Gasteiger partial charge is 0.132 e. The number of hydrogen-bond donors (Lipinski definition) is 2. The molecule has 1 heterocycles. The molecule has 4 heteroatoms. The molecule has 1 aromatic heterocycles. The van der Waals surface area contributed by atoms with Crippen molar-refractivity contribution in [1.82, 2.24) is 9.97 Å². The monoisotopic (exact) mass is 270 g/mol. The molecule has 2 N–H and O–H groups in total. The van der Waals surface area contributed by atoms with E-state index in [1.54, 1.807) is 0 Å². The maximum absolute atomic E-state index is 4.44. The second-order valence-corrected chi connectivity index (χ2v) is 4.95. The second-order valence-electron chi connectivity index (χ2n) is 4.95. The standard InChI is InChI=1S/C16H22N4/c1-4-17-15-11-16(20-13(3)19-15)18-12(2)10-14-8-6-5-7-9-14/h5-9,11-12H,4,10H2,1-3H3,(H2,17,18,19,20). The summed E-state index contributed by atoms with van der Waals surface area (Å²) in [5.41, 5.74) is 1.32. The van der Waals surface area contributed by atoms with Gasteiger partial charge in [-0.3, -0.25) is 0 Å². The number of aromatic nitrogens is 2. The molecule has 0 aliphatic carbocycles. The zero-order valence-corrected chi connectivity index (χ0v) is 12.4.